The van der Waals surface area contributed by atoms with Gasteiger partial charge in [0.1, 0.15) is 12.4 Å². The maximum Gasteiger partial charge on any atom is 0.250 e. The first-order valence-electron chi connectivity index (χ1n) is 5.62. The largest absolute Gasteiger partial charge is 0.506 e. The molecule has 98 valence electrons. The van der Waals surface area contributed by atoms with Gasteiger partial charge in [0.25, 0.3) is 0 Å². The molecule has 1 aliphatic rings. The summed E-state index contributed by atoms with van der Waals surface area (Å²) in [5.74, 6) is -0.260. The molecule has 3 N–H and O–H groups in total. The molecule has 0 aromatic heterocycles. The van der Waals surface area contributed by atoms with Crippen LogP contribution in [-0.2, 0) is 9.53 Å². The number of nitrogens with one attached hydrogen (secondary N) is 2. The van der Waals surface area contributed by atoms with E-state index < -0.39 is 0 Å². The van der Waals surface area contributed by atoms with Crippen molar-refractivity contribution < 1.29 is 14.6 Å². The van der Waals surface area contributed by atoms with Gasteiger partial charge in [-0.05, 0) is 25.1 Å². The lowest BCUT2D eigenvalue weighted by atomic mass is 10.0. The van der Waals surface area contributed by atoms with Crippen LogP contribution in [-0.4, -0.2) is 36.3 Å². The molecule has 0 aliphatic carbocycles. The fraction of sp³-hybridized carbons (Fsp3) is 0.417. The van der Waals surface area contributed by atoms with Crippen molar-refractivity contribution in [2.45, 2.75) is 12.5 Å². The van der Waals surface area contributed by atoms with Crippen LogP contribution >= 0.6 is 11.6 Å². The molecule has 1 aromatic carbocycles. The Morgan fingerprint density at radius 1 is 1.61 bits per heavy atom. The average Bonchev–Trinajstić information content (AvgIpc) is 2.29. The Labute approximate surface area is 110 Å². The molecule has 1 amide bonds. The van der Waals surface area contributed by atoms with Crippen LogP contribution < -0.4 is 10.6 Å². The van der Waals surface area contributed by atoms with Crippen molar-refractivity contribution >= 4 is 23.2 Å². The van der Waals surface area contributed by atoms with Gasteiger partial charge in [-0.15, -0.1) is 0 Å². The summed E-state index contributed by atoms with van der Waals surface area (Å²) in [6.45, 7) is 3.46. The topological polar surface area (TPSA) is 70.6 Å². The highest BCUT2D eigenvalue weighted by molar-refractivity contribution is 6.32. The van der Waals surface area contributed by atoms with Gasteiger partial charge in [0.15, 0.2) is 0 Å². The number of phenols is 1. The van der Waals surface area contributed by atoms with Gasteiger partial charge in [-0.2, -0.15) is 0 Å². The molecule has 1 saturated heterocycles. The predicted octanol–water partition coefficient (Wildman–Crippen LogP) is 1.36. The van der Waals surface area contributed by atoms with E-state index in [9.17, 15) is 9.90 Å². The Hall–Kier alpha value is -1.30. The number of benzene rings is 1. The van der Waals surface area contributed by atoms with Crippen molar-refractivity contribution in [3.63, 3.8) is 0 Å². The summed E-state index contributed by atoms with van der Waals surface area (Å²) >= 11 is 5.74. The summed E-state index contributed by atoms with van der Waals surface area (Å²) in [5.41, 5.74) is 0.285. The Morgan fingerprint density at radius 2 is 2.33 bits per heavy atom. The molecule has 0 bridgehead atoms. The zero-order valence-corrected chi connectivity index (χ0v) is 10.8. The summed E-state index contributed by atoms with van der Waals surface area (Å²) in [6, 6.07) is 4.49. The number of carbonyl (C=O) groups excluding carboxylic acids is 1. The third-order valence-electron chi connectivity index (χ3n) is 2.78. The van der Waals surface area contributed by atoms with E-state index in [4.69, 9.17) is 16.3 Å². The van der Waals surface area contributed by atoms with Gasteiger partial charge >= 0.3 is 0 Å². The van der Waals surface area contributed by atoms with Gasteiger partial charge in [-0.25, -0.2) is 0 Å². The summed E-state index contributed by atoms with van der Waals surface area (Å²) < 4.78 is 5.50. The SMILES string of the molecule is CC1(OCC(=O)Nc2ccc(O)c(Cl)c2)CNC1. The molecule has 1 aliphatic heterocycles. The van der Waals surface area contributed by atoms with E-state index in [2.05, 4.69) is 10.6 Å². The number of amides is 1. The normalized spacial score (nSPS) is 17.0. The number of halogens is 1. The van der Waals surface area contributed by atoms with Gasteiger partial charge in [-0.3, -0.25) is 4.79 Å². The Kier molecular flexibility index (Phi) is 3.75. The Balaban J connectivity index is 1.85. The predicted molar refractivity (Wildman–Crippen MR) is 69.0 cm³/mol. The highest BCUT2D eigenvalue weighted by atomic mass is 35.5. The van der Waals surface area contributed by atoms with Crippen LogP contribution in [0.15, 0.2) is 18.2 Å². The molecule has 0 saturated carbocycles. The first-order chi connectivity index (χ1) is 8.48. The average molecular weight is 271 g/mol. The highest BCUT2D eigenvalue weighted by Crippen LogP contribution is 2.26. The number of anilines is 1. The van der Waals surface area contributed by atoms with Crippen molar-refractivity contribution in [3.05, 3.63) is 23.2 Å². The van der Waals surface area contributed by atoms with Gasteiger partial charge in [0, 0.05) is 18.8 Å². The molecule has 2 rings (SSSR count). The molecular weight excluding hydrogens is 256 g/mol. The van der Waals surface area contributed by atoms with Crippen molar-refractivity contribution in [2.75, 3.05) is 25.0 Å². The molecule has 1 fully saturated rings. The summed E-state index contributed by atoms with van der Waals surface area (Å²) in [5, 5.41) is 15.2. The van der Waals surface area contributed by atoms with E-state index in [1.807, 2.05) is 6.92 Å². The standard InChI is InChI=1S/C12H15ClN2O3/c1-12(6-14-7-12)18-5-11(17)15-8-2-3-10(16)9(13)4-8/h2-4,14,16H,5-7H2,1H3,(H,15,17). The zero-order chi connectivity index (χ0) is 13.2. The molecule has 1 heterocycles. The lowest BCUT2D eigenvalue weighted by molar-refractivity contribution is -0.130. The maximum atomic E-state index is 11.6. The first-order valence-corrected chi connectivity index (χ1v) is 5.99. The van der Waals surface area contributed by atoms with Crippen LogP contribution in [0.25, 0.3) is 0 Å². The second-order valence-electron chi connectivity index (χ2n) is 4.56. The minimum Gasteiger partial charge on any atom is -0.506 e. The quantitative estimate of drug-likeness (QED) is 0.723. The Bertz CT molecular complexity index is 461. The van der Waals surface area contributed by atoms with E-state index in [0.717, 1.165) is 13.1 Å². The number of hydrogen-bond donors (Lipinski definition) is 3. The number of ether oxygens (including phenoxy) is 1. The van der Waals surface area contributed by atoms with Crippen molar-refractivity contribution in [1.29, 1.82) is 0 Å². The van der Waals surface area contributed by atoms with Crippen LogP contribution in [0.3, 0.4) is 0 Å². The third-order valence-corrected chi connectivity index (χ3v) is 3.08. The molecule has 0 unspecified atom stereocenters. The van der Waals surface area contributed by atoms with E-state index in [1.54, 1.807) is 6.07 Å². The molecule has 1 aromatic rings. The van der Waals surface area contributed by atoms with Crippen LogP contribution in [0.4, 0.5) is 5.69 Å². The molecule has 5 nitrogen and oxygen atoms in total. The highest BCUT2D eigenvalue weighted by Gasteiger charge is 2.32. The van der Waals surface area contributed by atoms with Crippen LogP contribution in [0.2, 0.25) is 5.02 Å². The summed E-state index contributed by atoms with van der Waals surface area (Å²) in [6.07, 6.45) is 0. The van der Waals surface area contributed by atoms with Crippen LogP contribution in [0.1, 0.15) is 6.92 Å². The Morgan fingerprint density at radius 3 is 2.89 bits per heavy atom. The molecule has 0 atom stereocenters. The van der Waals surface area contributed by atoms with E-state index in [1.165, 1.54) is 12.1 Å². The lowest BCUT2D eigenvalue weighted by Crippen LogP contribution is -2.59. The fourth-order valence-electron chi connectivity index (χ4n) is 1.60. The molecule has 6 heteroatoms. The van der Waals surface area contributed by atoms with Gasteiger partial charge < -0.3 is 20.5 Å². The molecule has 18 heavy (non-hydrogen) atoms. The lowest BCUT2D eigenvalue weighted by Gasteiger charge is -2.38. The van der Waals surface area contributed by atoms with Gasteiger partial charge in [0.05, 0.1) is 10.6 Å². The summed E-state index contributed by atoms with van der Waals surface area (Å²) in [7, 11) is 0. The van der Waals surface area contributed by atoms with E-state index >= 15 is 0 Å². The molecular formula is C12H15ClN2O3. The number of aromatic hydroxyl groups is 1. The van der Waals surface area contributed by atoms with Gasteiger partial charge in [-0.1, -0.05) is 11.6 Å². The first kappa shape index (κ1) is 13.1. The number of phenolic OH excluding ortho intramolecular Hbond substituents is 1. The van der Waals surface area contributed by atoms with Crippen molar-refractivity contribution in [1.82, 2.24) is 5.32 Å². The third kappa shape index (κ3) is 3.13. The zero-order valence-electron chi connectivity index (χ0n) is 10.00. The van der Waals surface area contributed by atoms with Gasteiger partial charge in [0.2, 0.25) is 5.91 Å². The van der Waals surface area contributed by atoms with Crippen LogP contribution in [0.5, 0.6) is 5.75 Å². The second kappa shape index (κ2) is 5.14. The smallest absolute Gasteiger partial charge is 0.250 e. The molecule has 0 radical (unpaired) electrons. The van der Waals surface area contributed by atoms with Crippen LogP contribution in [0, 0.1) is 0 Å². The minimum atomic E-state index is -0.246. The van der Waals surface area contributed by atoms with Crippen molar-refractivity contribution in [2.24, 2.45) is 0 Å². The van der Waals surface area contributed by atoms with Crippen molar-refractivity contribution in [3.8, 4) is 5.75 Å². The fourth-order valence-corrected chi connectivity index (χ4v) is 1.78. The number of rotatable bonds is 4. The summed E-state index contributed by atoms with van der Waals surface area (Å²) in [4.78, 5) is 11.6. The number of hydrogen-bond acceptors (Lipinski definition) is 4. The molecule has 0 spiro atoms. The monoisotopic (exact) mass is 270 g/mol. The second-order valence-corrected chi connectivity index (χ2v) is 4.96. The van der Waals surface area contributed by atoms with E-state index in [0.29, 0.717) is 5.69 Å². The number of carbonyl (C=O) groups is 1. The maximum absolute atomic E-state index is 11.6. The van der Waals surface area contributed by atoms with E-state index in [-0.39, 0.29) is 28.9 Å². The minimum absolute atomic E-state index is 0.00330.